The number of hydrogen-bond donors (Lipinski definition) is 0. The highest BCUT2D eigenvalue weighted by Crippen LogP contribution is 2.01. The Morgan fingerprint density at radius 3 is 2.25 bits per heavy atom. The SMILES string of the molecule is CC.CC1=CN=CC1. The molecule has 0 aliphatic carbocycles. The van der Waals surface area contributed by atoms with Crippen LogP contribution in [0.2, 0.25) is 0 Å². The molecule has 1 rings (SSSR count). The Balaban J connectivity index is 0.000000222. The lowest BCUT2D eigenvalue weighted by Crippen LogP contribution is -1.64. The Bertz CT molecular complexity index is 101. The van der Waals surface area contributed by atoms with Gasteiger partial charge in [-0.2, -0.15) is 0 Å². The second kappa shape index (κ2) is 4.57. The van der Waals surface area contributed by atoms with Crippen molar-refractivity contribution in [1.29, 1.82) is 0 Å². The molecule has 0 aromatic carbocycles. The molecule has 0 N–H and O–H groups in total. The third-order valence-electron chi connectivity index (χ3n) is 0.814. The Labute approximate surface area is 51.1 Å². The molecule has 8 heavy (non-hydrogen) atoms. The molecule has 0 fully saturated rings. The van der Waals surface area contributed by atoms with Crippen molar-refractivity contribution < 1.29 is 0 Å². The van der Waals surface area contributed by atoms with Crippen molar-refractivity contribution in [2.75, 3.05) is 0 Å². The smallest absolute Gasteiger partial charge is 0.0256 e. The molecule has 1 heterocycles. The van der Waals surface area contributed by atoms with E-state index >= 15 is 0 Å². The first-order valence-corrected chi connectivity index (χ1v) is 3.07. The summed E-state index contributed by atoms with van der Waals surface area (Å²) in [4.78, 5) is 3.88. The molecule has 0 atom stereocenters. The van der Waals surface area contributed by atoms with Crippen molar-refractivity contribution >= 4 is 6.21 Å². The first kappa shape index (κ1) is 7.41. The zero-order valence-electron chi connectivity index (χ0n) is 5.81. The van der Waals surface area contributed by atoms with Crippen LogP contribution in [0.3, 0.4) is 0 Å². The van der Waals surface area contributed by atoms with Gasteiger partial charge in [0.05, 0.1) is 0 Å². The number of aliphatic imine (C=N–C) groups is 1. The first-order chi connectivity index (χ1) is 3.89. The Hall–Kier alpha value is -0.590. The van der Waals surface area contributed by atoms with Gasteiger partial charge < -0.3 is 0 Å². The van der Waals surface area contributed by atoms with Crippen molar-refractivity contribution in [2.24, 2.45) is 4.99 Å². The summed E-state index contributed by atoms with van der Waals surface area (Å²) in [5, 5.41) is 0. The van der Waals surface area contributed by atoms with E-state index in [-0.39, 0.29) is 0 Å². The van der Waals surface area contributed by atoms with Gasteiger partial charge in [-0.05, 0) is 12.5 Å². The molecule has 1 aliphatic heterocycles. The summed E-state index contributed by atoms with van der Waals surface area (Å²) in [5.41, 5.74) is 1.36. The van der Waals surface area contributed by atoms with Crippen molar-refractivity contribution in [1.82, 2.24) is 0 Å². The molecule has 0 bridgehead atoms. The lowest BCUT2D eigenvalue weighted by molar-refractivity contribution is 1.32. The largest absolute Gasteiger partial charge is 0.269 e. The average Bonchev–Trinajstić information content (AvgIpc) is 2.24. The Kier molecular flexibility index (Phi) is 4.23. The lowest BCUT2D eigenvalue weighted by Gasteiger charge is -1.76. The van der Waals surface area contributed by atoms with Crippen molar-refractivity contribution in [3.63, 3.8) is 0 Å². The van der Waals surface area contributed by atoms with Crippen molar-refractivity contribution in [3.05, 3.63) is 11.8 Å². The van der Waals surface area contributed by atoms with E-state index in [1.807, 2.05) is 26.3 Å². The first-order valence-electron chi connectivity index (χ1n) is 3.07. The van der Waals surface area contributed by atoms with Gasteiger partial charge >= 0.3 is 0 Å². The minimum absolute atomic E-state index is 1.06. The molecule has 46 valence electrons. The van der Waals surface area contributed by atoms with Gasteiger partial charge in [0.15, 0.2) is 0 Å². The van der Waals surface area contributed by atoms with E-state index in [2.05, 4.69) is 11.9 Å². The lowest BCUT2D eigenvalue weighted by atomic mass is 10.3. The third-order valence-corrected chi connectivity index (χ3v) is 0.814. The summed E-state index contributed by atoms with van der Waals surface area (Å²) in [5.74, 6) is 0. The summed E-state index contributed by atoms with van der Waals surface area (Å²) < 4.78 is 0. The second-order valence-corrected chi connectivity index (χ2v) is 1.51. The highest BCUT2D eigenvalue weighted by Gasteiger charge is 1.87. The van der Waals surface area contributed by atoms with Crippen molar-refractivity contribution in [3.8, 4) is 0 Å². The summed E-state index contributed by atoms with van der Waals surface area (Å²) >= 11 is 0. The molecule has 0 spiro atoms. The number of nitrogens with zero attached hydrogens (tertiary/aromatic N) is 1. The van der Waals surface area contributed by atoms with Crippen LogP contribution in [0.1, 0.15) is 27.2 Å². The normalized spacial score (nSPS) is 14.6. The highest BCUT2D eigenvalue weighted by atomic mass is 14.7. The van der Waals surface area contributed by atoms with E-state index in [9.17, 15) is 0 Å². The zero-order chi connectivity index (χ0) is 6.41. The van der Waals surface area contributed by atoms with Gasteiger partial charge in [-0.3, -0.25) is 4.99 Å². The maximum Gasteiger partial charge on any atom is 0.0256 e. The fourth-order valence-corrected chi connectivity index (χ4v) is 0.429. The minimum atomic E-state index is 1.06. The van der Waals surface area contributed by atoms with E-state index in [0.29, 0.717) is 0 Å². The minimum Gasteiger partial charge on any atom is -0.269 e. The molecule has 0 unspecified atom stereocenters. The molecule has 1 aliphatic rings. The van der Waals surface area contributed by atoms with Gasteiger partial charge in [-0.25, -0.2) is 0 Å². The number of allylic oxidation sites excluding steroid dienone is 1. The van der Waals surface area contributed by atoms with Crippen LogP contribution >= 0.6 is 0 Å². The van der Waals surface area contributed by atoms with Gasteiger partial charge in [-0.1, -0.05) is 13.8 Å². The van der Waals surface area contributed by atoms with Crippen LogP contribution in [0.4, 0.5) is 0 Å². The molecular weight excluding hydrogens is 98.1 g/mol. The average molecular weight is 111 g/mol. The molecule has 0 radical (unpaired) electrons. The van der Waals surface area contributed by atoms with E-state index < -0.39 is 0 Å². The summed E-state index contributed by atoms with van der Waals surface area (Å²) in [6.07, 6.45) is 4.86. The summed E-state index contributed by atoms with van der Waals surface area (Å²) in [6.45, 7) is 6.08. The van der Waals surface area contributed by atoms with Crippen molar-refractivity contribution in [2.45, 2.75) is 27.2 Å². The van der Waals surface area contributed by atoms with Crippen LogP contribution in [-0.2, 0) is 0 Å². The maximum atomic E-state index is 3.88. The molecule has 0 saturated heterocycles. The monoisotopic (exact) mass is 111 g/mol. The summed E-state index contributed by atoms with van der Waals surface area (Å²) in [7, 11) is 0. The highest BCUT2D eigenvalue weighted by molar-refractivity contribution is 5.64. The standard InChI is InChI=1S/C5H7N.C2H6/c1-5-2-3-6-4-5;1-2/h3-4H,2H2,1H3;1-2H3. The van der Waals surface area contributed by atoms with E-state index in [0.717, 1.165) is 6.42 Å². The molecule has 1 nitrogen and oxygen atoms in total. The molecular formula is C7H13N. The van der Waals surface area contributed by atoms with Gasteiger partial charge in [0.1, 0.15) is 0 Å². The van der Waals surface area contributed by atoms with Gasteiger partial charge in [0.2, 0.25) is 0 Å². The van der Waals surface area contributed by atoms with Gasteiger partial charge in [0.25, 0.3) is 0 Å². The molecule has 1 heteroatoms. The summed E-state index contributed by atoms with van der Waals surface area (Å²) in [6, 6.07) is 0. The maximum absolute atomic E-state index is 3.88. The predicted molar refractivity (Wildman–Crippen MR) is 38.2 cm³/mol. The molecule has 0 saturated carbocycles. The molecule has 0 aromatic heterocycles. The second-order valence-electron chi connectivity index (χ2n) is 1.51. The van der Waals surface area contributed by atoms with Crippen LogP contribution in [0.5, 0.6) is 0 Å². The number of rotatable bonds is 0. The number of hydrogen-bond acceptors (Lipinski definition) is 1. The van der Waals surface area contributed by atoms with Crippen LogP contribution in [0, 0.1) is 0 Å². The van der Waals surface area contributed by atoms with Crippen LogP contribution in [0.25, 0.3) is 0 Å². The quantitative estimate of drug-likeness (QED) is 0.455. The molecule has 0 aromatic rings. The Morgan fingerprint density at radius 2 is 2.12 bits per heavy atom. The fourth-order valence-electron chi connectivity index (χ4n) is 0.429. The van der Waals surface area contributed by atoms with Gasteiger partial charge in [-0.15, -0.1) is 0 Å². The van der Waals surface area contributed by atoms with E-state index in [1.54, 1.807) is 0 Å². The predicted octanol–water partition coefficient (Wildman–Crippen LogP) is 2.39. The van der Waals surface area contributed by atoms with Crippen LogP contribution in [-0.4, -0.2) is 6.21 Å². The van der Waals surface area contributed by atoms with Crippen LogP contribution < -0.4 is 0 Å². The van der Waals surface area contributed by atoms with E-state index in [4.69, 9.17) is 0 Å². The topological polar surface area (TPSA) is 12.4 Å². The van der Waals surface area contributed by atoms with Crippen LogP contribution in [0.15, 0.2) is 16.8 Å². The fraction of sp³-hybridized carbons (Fsp3) is 0.571. The molecule has 0 amide bonds. The Morgan fingerprint density at radius 1 is 1.50 bits per heavy atom. The van der Waals surface area contributed by atoms with Gasteiger partial charge in [0, 0.05) is 18.8 Å². The van der Waals surface area contributed by atoms with E-state index in [1.165, 1.54) is 5.57 Å². The third kappa shape index (κ3) is 2.56. The zero-order valence-corrected chi connectivity index (χ0v) is 5.81.